The highest BCUT2D eigenvalue weighted by Crippen LogP contribution is 2.39. The zero-order valence-electron chi connectivity index (χ0n) is 16.6. The summed E-state index contributed by atoms with van der Waals surface area (Å²) in [5, 5.41) is 4.06. The number of halogens is 2. The molecule has 0 atom stereocenters. The molecule has 1 N–H and O–H groups in total. The van der Waals surface area contributed by atoms with Crippen molar-refractivity contribution in [2.24, 2.45) is 0 Å². The Bertz CT molecular complexity index is 957. The van der Waals surface area contributed by atoms with Crippen molar-refractivity contribution in [2.75, 3.05) is 18.5 Å². The molecule has 0 saturated heterocycles. The van der Waals surface area contributed by atoms with Crippen LogP contribution in [0, 0.1) is 13.8 Å². The molecular formula is C21H23BrClNO4S. The molecule has 5 nitrogen and oxygen atoms in total. The van der Waals surface area contributed by atoms with Gasteiger partial charge in [0.1, 0.15) is 10.8 Å². The van der Waals surface area contributed by atoms with E-state index in [9.17, 15) is 9.59 Å². The molecule has 1 heterocycles. The smallest absolute Gasteiger partial charge is 0.341 e. The molecule has 0 saturated carbocycles. The number of esters is 1. The van der Waals surface area contributed by atoms with Crippen molar-refractivity contribution < 1.29 is 19.1 Å². The summed E-state index contributed by atoms with van der Waals surface area (Å²) in [5.41, 5.74) is 3.25. The van der Waals surface area contributed by atoms with Crippen LogP contribution in [0.3, 0.4) is 0 Å². The topological polar surface area (TPSA) is 64.6 Å². The number of anilines is 1. The molecule has 1 amide bonds. The summed E-state index contributed by atoms with van der Waals surface area (Å²) < 4.78 is 11.7. The number of thiophene rings is 1. The Morgan fingerprint density at radius 3 is 2.72 bits per heavy atom. The Balaban J connectivity index is 1.76. The van der Waals surface area contributed by atoms with Gasteiger partial charge in [-0.05, 0) is 85.1 Å². The molecule has 0 radical (unpaired) electrons. The van der Waals surface area contributed by atoms with Crippen molar-refractivity contribution in [3.63, 3.8) is 0 Å². The molecule has 2 aromatic rings. The molecule has 29 heavy (non-hydrogen) atoms. The van der Waals surface area contributed by atoms with Crippen molar-refractivity contribution in [3.05, 3.63) is 42.7 Å². The van der Waals surface area contributed by atoms with Crippen LogP contribution in [0.15, 0.2) is 10.5 Å². The van der Waals surface area contributed by atoms with E-state index in [4.69, 9.17) is 21.1 Å². The Morgan fingerprint density at radius 2 is 2.00 bits per heavy atom. The molecule has 0 fully saturated rings. The average Bonchev–Trinajstić information content (AvgIpc) is 3.06. The first-order valence-electron chi connectivity index (χ1n) is 9.53. The molecule has 1 aromatic heterocycles. The van der Waals surface area contributed by atoms with E-state index in [0.717, 1.165) is 51.7 Å². The quantitative estimate of drug-likeness (QED) is 0.505. The van der Waals surface area contributed by atoms with Gasteiger partial charge < -0.3 is 14.8 Å². The number of ether oxygens (including phenoxy) is 2. The minimum absolute atomic E-state index is 0.177. The lowest BCUT2D eigenvalue weighted by Gasteiger charge is -2.13. The van der Waals surface area contributed by atoms with Gasteiger partial charge in [-0.25, -0.2) is 4.79 Å². The number of hydrogen-bond donors (Lipinski definition) is 1. The summed E-state index contributed by atoms with van der Waals surface area (Å²) >= 11 is 11.2. The minimum atomic E-state index is -0.380. The average molecular weight is 501 g/mol. The van der Waals surface area contributed by atoms with E-state index in [1.807, 2.05) is 13.8 Å². The van der Waals surface area contributed by atoms with Gasteiger partial charge in [-0.1, -0.05) is 11.6 Å². The zero-order chi connectivity index (χ0) is 21.1. The highest BCUT2D eigenvalue weighted by atomic mass is 79.9. The molecule has 156 valence electrons. The standard InChI is InChI=1S/C21H23BrClNO4S/c1-4-27-21(26)17-13-7-5-6-8-15(13)29-20(17)24-16(25)10-28-14-9-11(2)19(23)12(3)18(14)22/h9H,4-8,10H2,1-3H3,(H,24,25). The number of hydrogen-bond acceptors (Lipinski definition) is 5. The summed E-state index contributed by atoms with van der Waals surface area (Å²) in [4.78, 5) is 26.2. The number of aryl methyl sites for hydroxylation is 2. The van der Waals surface area contributed by atoms with Crippen LogP contribution in [-0.2, 0) is 22.4 Å². The van der Waals surface area contributed by atoms with Crippen LogP contribution in [0.4, 0.5) is 5.00 Å². The van der Waals surface area contributed by atoms with Crippen LogP contribution in [0.25, 0.3) is 0 Å². The molecule has 8 heteroatoms. The minimum Gasteiger partial charge on any atom is -0.483 e. The van der Waals surface area contributed by atoms with E-state index < -0.39 is 0 Å². The summed E-state index contributed by atoms with van der Waals surface area (Å²) in [6, 6.07) is 1.79. The summed E-state index contributed by atoms with van der Waals surface area (Å²) in [6.07, 6.45) is 3.89. The van der Waals surface area contributed by atoms with Gasteiger partial charge >= 0.3 is 5.97 Å². The van der Waals surface area contributed by atoms with E-state index in [-0.39, 0.29) is 18.5 Å². The van der Waals surface area contributed by atoms with Crippen LogP contribution in [0.5, 0.6) is 5.75 Å². The number of carbonyl (C=O) groups is 2. The first kappa shape index (κ1) is 22.1. The van der Waals surface area contributed by atoms with Crippen molar-refractivity contribution >= 4 is 55.7 Å². The Labute approximate surface area is 187 Å². The van der Waals surface area contributed by atoms with Crippen molar-refractivity contribution in [3.8, 4) is 5.75 Å². The van der Waals surface area contributed by atoms with Gasteiger partial charge in [0.15, 0.2) is 6.61 Å². The van der Waals surface area contributed by atoms with E-state index in [2.05, 4.69) is 21.2 Å². The molecule has 1 aliphatic rings. The zero-order valence-corrected chi connectivity index (χ0v) is 19.8. The van der Waals surface area contributed by atoms with Crippen LogP contribution in [0.2, 0.25) is 5.02 Å². The van der Waals surface area contributed by atoms with Crippen LogP contribution in [0.1, 0.15) is 51.7 Å². The normalized spacial score (nSPS) is 13.0. The summed E-state index contributed by atoms with van der Waals surface area (Å²) in [7, 11) is 0. The van der Waals surface area contributed by atoms with E-state index in [0.29, 0.717) is 27.9 Å². The van der Waals surface area contributed by atoms with Crippen LogP contribution in [-0.4, -0.2) is 25.1 Å². The van der Waals surface area contributed by atoms with Gasteiger partial charge in [0.05, 0.1) is 16.6 Å². The van der Waals surface area contributed by atoms with Gasteiger partial charge in [0.25, 0.3) is 5.91 Å². The first-order chi connectivity index (χ1) is 13.8. The summed E-state index contributed by atoms with van der Waals surface area (Å²) in [5.74, 6) is -0.156. The third-order valence-electron chi connectivity index (χ3n) is 4.83. The fourth-order valence-electron chi connectivity index (χ4n) is 3.38. The van der Waals surface area contributed by atoms with Crippen molar-refractivity contribution in [2.45, 2.75) is 46.5 Å². The second kappa shape index (κ2) is 9.49. The fraction of sp³-hybridized carbons (Fsp3) is 0.429. The largest absolute Gasteiger partial charge is 0.483 e. The molecule has 0 bridgehead atoms. The van der Waals surface area contributed by atoms with Crippen LogP contribution < -0.4 is 10.1 Å². The molecule has 0 aliphatic heterocycles. The second-order valence-electron chi connectivity index (χ2n) is 6.92. The highest BCUT2D eigenvalue weighted by Gasteiger charge is 2.27. The predicted octanol–water partition coefficient (Wildman–Crippen LogP) is 5.85. The maximum atomic E-state index is 12.6. The lowest BCUT2D eigenvalue weighted by atomic mass is 9.95. The van der Waals surface area contributed by atoms with Gasteiger partial charge in [0, 0.05) is 9.90 Å². The monoisotopic (exact) mass is 499 g/mol. The Kier molecular flexibility index (Phi) is 7.24. The van der Waals surface area contributed by atoms with Crippen molar-refractivity contribution in [1.29, 1.82) is 0 Å². The second-order valence-corrected chi connectivity index (χ2v) is 9.19. The number of rotatable bonds is 6. The fourth-order valence-corrected chi connectivity index (χ4v) is 5.37. The number of amides is 1. The van der Waals surface area contributed by atoms with Crippen molar-refractivity contribution in [1.82, 2.24) is 0 Å². The number of nitrogens with one attached hydrogen (secondary N) is 1. The molecule has 0 spiro atoms. The molecule has 0 unspecified atom stereocenters. The Hall–Kier alpha value is -1.57. The van der Waals surface area contributed by atoms with Crippen LogP contribution >= 0.6 is 38.9 Å². The first-order valence-corrected chi connectivity index (χ1v) is 11.5. The molecule has 3 rings (SSSR count). The molecular weight excluding hydrogens is 478 g/mol. The lowest BCUT2D eigenvalue weighted by molar-refractivity contribution is -0.118. The SMILES string of the molecule is CCOC(=O)c1c(NC(=O)COc2cc(C)c(Cl)c(C)c2Br)sc2c1CCCC2. The third-order valence-corrected chi connectivity index (χ3v) is 7.61. The number of carbonyl (C=O) groups excluding carboxylic acids is 2. The van der Waals surface area contributed by atoms with E-state index in [1.54, 1.807) is 13.0 Å². The lowest BCUT2D eigenvalue weighted by Crippen LogP contribution is -2.21. The maximum absolute atomic E-state index is 12.6. The number of fused-ring (bicyclic) bond motifs is 1. The number of benzene rings is 1. The summed E-state index contributed by atoms with van der Waals surface area (Å²) in [6.45, 7) is 5.66. The predicted molar refractivity (Wildman–Crippen MR) is 120 cm³/mol. The van der Waals surface area contributed by atoms with Gasteiger partial charge in [0.2, 0.25) is 0 Å². The van der Waals surface area contributed by atoms with Gasteiger partial charge in [-0.3, -0.25) is 4.79 Å². The van der Waals surface area contributed by atoms with Gasteiger partial charge in [-0.2, -0.15) is 0 Å². The third kappa shape index (κ3) is 4.78. The highest BCUT2D eigenvalue weighted by molar-refractivity contribution is 9.10. The van der Waals surface area contributed by atoms with E-state index in [1.165, 1.54) is 11.3 Å². The van der Waals surface area contributed by atoms with Gasteiger partial charge in [-0.15, -0.1) is 11.3 Å². The Morgan fingerprint density at radius 1 is 1.28 bits per heavy atom. The molecule has 1 aromatic carbocycles. The van der Waals surface area contributed by atoms with E-state index >= 15 is 0 Å². The maximum Gasteiger partial charge on any atom is 0.341 e. The molecule has 1 aliphatic carbocycles.